The molecule has 238 valence electrons. The average Bonchev–Trinajstić information content (AvgIpc) is 3.16. The van der Waals surface area contributed by atoms with E-state index in [2.05, 4.69) is 185 Å². The Morgan fingerprint density at radius 1 is 0.380 bits per heavy atom. The molecule has 0 saturated heterocycles. The predicted molar refractivity (Wildman–Crippen MR) is 212 cm³/mol. The summed E-state index contributed by atoms with van der Waals surface area (Å²) in [7, 11) is 0. The summed E-state index contributed by atoms with van der Waals surface area (Å²) in [4.78, 5) is 0. The molecule has 0 atom stereocenters. The van der Waals surface area contributed by atoms with Crippen molar-refractivity contribution in [3.05, 3.63) is 197 Å². The van der Waals surface area contributed by atoms with Crippen LogP contribution in [-0.4, -0.2) is 6.71 Å². The molecular formula is C49H39B. The summed E-state index contributed by atoms with van der Waals surface area (Å²) in [5, 5.41) is 0. The van der Waals surface area contributed by atoms with Gasteiger partial charge in [0, 0.05) is 16.7 Å². The van der Waals surface area contributed by atoms with Crippen molar-refractivity contribution >= 4 is 23.1 Å². The van der Waals surface area contributed by atoms with E-state index in [9.17, 15) is 0 Å². The van der Waals surface area contributed by atoms with Gasteiger partial charge in [-0.2, -0.15) is 0 Å². The first-order chi connectivity index (χ1) is 24.4. The van der Waals surface area contributed by atoms with Crippen molar-refractivity contribution in [1.29, 1.82) is 0 Å². The van der Waals surface area contributed by atoms with Gasteiger partial charge >= 0.3 is 0 Å². The minimum absolute atomic E-state index is 0.0600. The van der Waals surface area contributed by atoms with Gasteiger partial charge in [-0.25, -0.2) is 0 Å². The standard InChI is InChI=1S/C49H39B/c1-48(2)37-23-14-24-38-43(37)46-44-39(48)25-15-27-41(44)50(42-28-16-26-40(45(42)46)49(38,3)4)47-35(32-19-10-6-11-20-32)29-34(31-17-8-5-9-18-31)30-36(47)33-21-12-7-13-22-33/h5-30,46H,1-4H3. The molecule has 0 radical (unpaired) electrons. The number of rotatable bonds is 4. The maximum Gasteiger partial charge on any atom is 0.243 e. The lowest BCUT2D eigenvalue weighted by Gasteiger charge is -2.51. The Morgan fingerprint density at radius 2 is 0.760 bits per heavy atom. The van der Waals surface area contributed by atoms with Gasteiger partial charge in [0.25, 0.3) is 0 Å². The minimum Gasteiger partial charge on any atom is -0.0666 e. The first kappa shape index (κ1) is 29.5. The summed E-state index contributed by atoms with van der Waals surface area (Å²) in [5.74, 6) is 0.236. The first-order valence-electron chi connectivity index (χ1n) is 18.1. The van der Waals surface area contributed by atoms with Crippen LogP contribution in [0.25, 0.3) is 33.4 Å². The summed E-state index contributed by atoms with van der Waals surface area (Å²) in [6.07, 6.45) is 0. The van der Waals surface area contributed by atoms with E-state index in [0.29, 0.717) is 0 Å². The van der Waals surface area contributed by atoms with E-state index < -0.39 is 0 Å². The summed E-state index contributed by atoms with van der Waals surface area (Å²) >= 11 is 0. The third-order valence-corrected chi connectivity index (χ3v) is 12.3. The molecule has 7 aromatic carbocycles. The van der Waals surface area contributed by atoms with Crippen LogP contribution < -0.4 is 16.4 Å². The Hall–Kier alpha value is -5.40. The number of hydrogen-bond donors (Lipinski definition) is 0. The van der Waals surface area contributed by atoms with E-state index in [1.165, 1.54) is 83.1 Å². The summed E-state index contributed by atoms with van der Waals surface area (Å²) in [5.41, 5.74) is 22.2. The van der Waals surface area contributed by atoms with Crippen LogP contribution in [0.5, 0.6) is 0 Å². The molecule has 0 aromatic heterocycles. The zero-order valence-corrected chi connectivity index (χ0v) is 29.2. The van der Waals surface area contributed by atoms with Crippen molar-refractivity contribution in [3.63, 3.8) is 0 Å². The number of benzene rings is 7. The lowest BCUT2D eigenvalue weighted by Crippen LogP contribution is -2.61. The van der Waals surface area contributed by atoms with Crippen LogP contribution in [0.15, 0.2) is 158 Å². The van der Waals surface area contributed by atoms with Gasteiger partial charge in [0.1, 0.15) is 0 Å². The first-order valence-corrected chi connectivity index (χ1v) is 18.1. The summed E-state index contributed by atoms with van der Waals surface area (Å²) in [6.45, 7) is 9.86. The van der Waals surface area contributed by atoms with E-state index in [1.54, 1.807) is 5.56 Å². The van der Waals surface area contributed by atoms with Crippen LogP contribution in [0.1, 0.15) is 72.6 Å². The molecule has 0 fully saturated rings. The van der Waals surface area contributed by atoms with Gasteiger partial charge in [0.15, 0.2) is 0 Å². The van der Waals surface area contributed by atoms with Crippen LogP contribution in [0, 0.1) is 0 Å². The molecule has 3 aliphatic rings. The second-order valence-electron chi connectivity index (χ2n) is 15.6. The van der Waals surface area contributed by atoms with E-state index in [1.807, 2.05) is 0 Å². The molecule has 0 nitrogen and oxygen atoms in total. The molecule has 0 N–H and O–H groups in total. The molecular weight excluding hydrogens is 599 g/mol. The Kier molecular flexibility index (Phi) is 6.23. The van der Waals surface area contributed by atoms with Crippen LogP contribution in [0.2, 0.25) is 0 Å². The molecule has 2 aliphatic carbocycles. The highest BCUT2D eigenvalue weighted by Gasteiger charge is 2.52. The summed E-state index contributed by atoms with van der Waals surface area (Å²) < 4.78 is 0. The van der Waals surface area contributed by atoms with Crippen LogP contribution in [0.3, 0.4) is 0 Å². The monoisotopic (exact) mass is 638 g/mol. The predicted octanol–water partition coefficient (Wildman–Crippen LogP) is 9.98. The van der Waals surface area contributed by atoms with Gasteiger partial charge in [0.2, 0.25) is 6.71 Å². The van der Waals surface area contributed by atoms with E-state index in [0.717, 1.165) is 0 Å². The largest absolute Gasteiger partial charge is 0.243 e. The third kappa shape index (κ3) is 3.95. The van der Waals surface area contributed by atoms with Gasteiger partial charge < -0.3 is 0 Å². The fraction of sp³-hybridized carbons (Fsp3) is 0.143. The van der Waals surface area contributed by atoms with Crippen molar-refractivity contribution < 1.29 is 0 Å². The zero-order chi connectivity index (χ0) is 33.8. The quantitative estimate of drug-likeness (QED) is 0.168. The van der Waals surface area contributed by atoms with Gasteiger partial charge in [-0.15, -0.1) is 0 Å². The van der Waals surface area contributed by atoms with E-state index >= 15 is 0 Å². The molecule has 0 spiro atoms. The fourth-order valence-corrected chi connectivity index (χ4v) is 10.0. The van der Waals surface area contributed by atoms with Crippen molar-refractivity contribution in [1.82, 2.24) is 0 Å². The molecule has 0 amide bonds. The topological polar surface area (TPSA) is 0 Å². The second-order valence-corrected chi connectivity index (χ2v) is 15.6. The maximum absolute atomic E-state index is 2.46. The van der Waals surface area contributed by atoms with Gasteiger partial charge in [-0.1, -0.05) is 190 Å². The van der Waals surface area contributed by atoms with Crippen molar-refractivity contribution in [3.8, 4) is 33.4 Å². The highest BCUT2D eigenvalue weighted by Crippen LogP contribution is 2.57. The molecule has 1 heteroatoms. The highest BCUT2D eigenvalue weighted by atomic mass is 14.5. The maximum atomic E-state index is 2.46. The third-order valence-electron chi connectivity index (χ3n) is 12.3. The Labute approximate surface area is 296 Å². The fourth-order valence-electron chi connectivity index (χ4n) is 10.0. The molecule has 1 heterocycles. The molecule has 50 heavy (non-hydrogen) atoms. The Balaban J connectivity index is 1.38. The molecule has 10 rings (SSSR count). The van der Waals surface area contributed by atoms with Crippen LogP contribution >= 0.6 is 0 Å². The van der Waals surface area contributed by atoms with E-state index in [4.69, 9.17) is 0 Å². The lowest BCUT2D eigenvalue weighted by atomic mass is 9.29. The average molecular weight is 639 g/mol. The zero-order valence-electron chi connectivity index (χ0n) is 29.2. The molecule has 7 aromatic rings. The minimum atomic E-state index is -0.112. The molecule has 1 aliphatic heterocycles. The SMILES string of the molecule is CC1(C)c2cccc3c2C2c4c(cccc4C(C)(C)c4cccc1c42)B3c1c(-c2ccccc2)cc(-c2ccccc2)cc1-c1ccccc1. The highest BCUT2D eigenvalue weighted by molar-refractivity contribution is 6.98. The Bertz CT molecular complexity index is 2320. The summed E-state index contributed by atoms with van der Waals surface area (Å²) in [6, 6.07) is 59.6. The van der Waals surface area contributed by atoms with Gasteiger partial charge in [0.05, 0.1) is 0 Å². The van der Waals surface area contributed by atoms with E-state index in [-0.39, 0.29) is 23.5 Å². The molecule has 0 unspecified atom stereocenters. The van der Waals surface area contributed by atoms with Crippen LogP contribution in [-0.2, 0) is 10.8 Å². The van der Waals surface area contributed by atoms with Crippen LogP contribution in [0.4, 0.5) is 0 Å². The normalized spacial score (nSPS) is 15.8. The van der Waals surface area contributed by atoms with Gasteiger partial charge in [-0.05, 0) is 84.5 Å². The second kappa shape index (κ2) is 10.6. The van der Waals surface area contributed by atoms with Gasteiger partial charge in [-0.3, -0.25) is 0 Å². The van der Waals surface area contributed by atoms with Crippen molar-refractivity contribution in [2.75, 3.05) is 0 Å². The van der Waals surface area contributed by atoms with Crippen molar-refractivity contribution in [2.45, 2.75) is 44.4 Å². The molecule has 0 bridgehead atoms. The lowest BCUT2D eigenvalue weighted by molar-refractivity contribution is 0.549. The van der Waals surface area contributed by atoms with Crippen molar-refractivity contribution in [2.24, 2.45) is 0 Å². The smallest absolute Gasteiger partial charge is 0.0666 e. The molecule has 0 saturated carbocycles. The Morgan fingerprint density at radius 3 is 1.20 bits per heavy atom. The number of hydrogen-bond acceptors (Lipinski definition) is 0.